The van der Waals surface area contributed by atoms with Gasteiger partial charge in [0.2, 0.25) is 5.78 Å². The molecule has 0 saturated heterocycles. The average Bonchev–Trinajstić information content (AvgIpc) is 2.77. The fourth-order valence-electron chi connectivity index (χ4n) is 1.76. The molecule has 18 heavy (non-hydrogen) atoms. The van der Waals surface area contributed by atoms with E-state index in [1.54, 1.807) is 10.7 Å². The zero-order chi connectivity index (χ0) is 13.1. The van der Waals surface area contributed by atoms with Crippen LogP contribution in [0.4, 0.5) is 4.39 Å². The Morgan fingerprint density at radius 2 is 2.22 bits per heavy atom. The SMILES string of the molecule is CCCn1nccc1C(=O)c1c(F)cccc1Cl. The summed E-state index contributed by atoms with van der Waals surface area (Å²) in [6.45, 7) is 2.59. The fraction of sp³-hybridized carbons (Fsp3) is 0.231. The van der Waals surface area contributed by atoms with Gasteiger partial charge >= 0.3 is 0 Å². The third-order valence-electron chi connectivity index (χ3n) is 2.57. The van der Waals surface area contributed by atoms with Crippen LogP contribution in [0.15, 0.2) is 30.5 Å². The molecule has 0 bridgehead atoms. The first-order valence-corrected chi connectivity index (χ1v) is 6.03. The van der Waals surface area contributed by atoms with Crippen molar-refractivity contribution in [3.05, 3.63) is 52.6 Å². The van der Waals surface area contributed by atoms with E-state index in [9.17, 15) is 9.18 Å². The molecule has 0 N–H and O–H groups in total. The average molecular weight is 267 g/mol. The monoisotopic (exact) mass is 266 g/mol. The number of halogens is 2. The van der Waals surface area contributed by atoms with Crippen molar-refractivity contribution in [3.8, 4) is 0 Å². The molecule has 0 aliphatic carbocycles. The van der Waals surface area contributed by atoms with Crippen LogP contribution >= 0.6 is 11.6 Å². The molecule has 94 valence electrons. The van der Waals surface area contributed by atoms with Gasteiger partial charge in [-0.3, -0.25) is 9.48 Å². The summed E-state index contributed by atoms with van der Waals surface area (Å²) in [5, 5.41) is 4.16. The van der Waals surface area contributed by atoms with Crippen molar-refractivity contribution in [2.24, 2.45) is 0 Å². The first-order chi connectivity index (χ1) is 8.65. The first kappa shape index (κ1) is 12.8. The molecule has 0 atom stereocenters. The highest BCUT2D eigenvalue weighted by molar-refractivity contribution is 6.34. The number of carbonyl (C=O) groups excluding carboxylic acids is 1. The molecular formula is C13H12ClFN2O. The van der Waals surface area contributed by atoms with Crippen LogP contribution in [0.2, 0.25) is 5.02 Å². The molecule has 0 aliphatic rings. The number of hydrogen-bond acceptors (Lipinski definition) is 2. The van der Waals surface area contributed by atoms with Crippen molar-refractivity contribution in [1.82, 2.24) is 9.78 Å². The number of hydrogen-bond donors (Lipinski definition) is 0. The van der Waals surface area contributed by atoms with E-state index in [2.05, 4.69) is 5.10 Å². The molecule has 0 radical (unpaired) electrons. The minimum absolute atomic E-state index is 0.1000. The smallest absolute Gasteiger partial charge is 0.215 e. The lowest BCUT2D eigenvalue weighted by Gasteiger charge is -2.07. The Kier molecular flexibility index (Phi) is 3.77. The predicted octanol–water partition coefficient (Wildman–Crippen LogP) is 3.32. The lowest BCUT2D eigenvalue weighted by Crippen LogP contribution is -2.13. The van der Waals surface area contributed by atoms with E-state index in [1.165, 1.54) is 24.4 Å². The van der Waals surface area contributed by atoms with Crippen molar-refractivity contribution < 1.29 is 9.18 Å². The van der Waals surface area contributed by atoms with Crippen LogP contribution in [-0.4, -0.2) is 15.6 Å². The number of aromatic nitrogens is 2. The Bertz CT molecular complexity index is 560. The minimum atomic E-state index is -0.614. The van der Waals surface area contributed by atoms with E-state index in [4.69, 9.17) is 11.6 Å². The maximum absolute atomic E-state index is 13.7. The summed E-state index contributed by atoms with van der Waals surface area (Å²) in [7, 11) is 0. The number of ketones is 1. The van der Waals surface area contributed by atoms with Gasteiger partial charge in [-0.05, 0) is 24.6 Å². The molecule has 0 aliphatic heterocycles. The second-order valence-electron chi connectivity index (χ2n) is 3.87. The van der Waals surface area contributed by atoms with Gasteiger partial charge in [-0.1, -0.05) is 24.6 Å². The zero-order valence-corrected chi connectivity index (χ0v) is 10.6. The van der Waals surface area contributed by atoms with Crippen molar-refractivity contribution in [2.75, 3.05) is 0 Å². The van der Waals surface area contributed by atoms with E-state index < -0.39 is 11.6 Å². The second kappa shape index (κ2) is 5.31. The lowest BCUT2D eigenvalue weighted by atomic mass is 10.1. The molecule has 1 aromatic heterocycles. The van der Waals surface area contributed by atoms with Gasteiger partial charge in [0.25, 0.3) is 0 Å². The summed E-state index contributed by atoms with van der Waals surface area (Å²) < 4.78 is 15.2. The van der Waals surface area contributed by atoms with Crippen LogP contribution in [-0.2, 0) is 6.54 Å². The molecule has 0 unspecified atom stereocenters. The topological polar surface area (TPSA) is 34.9 Å². The predicted molar refractivity (Wildman–Crippen MR) is 67.4 cm³/mol. The van der Waals surface area contributed by atoms with Gasteiger partial charge in [-0.25, -0.2) is 4.39 Å². The Hall–Kier alpha value is -1.68. The molecular weight excluding hydrogens is 255 g/mol. The number of nitrogens with zero attached hydrogens (tertiary/aromatic N) is 2. The molecule has 5 heteroatoms. The number of carbonyl (C=O) groups is 1. The first-order valence-electron chi connectivity index (χ1n) is 5.65. The summed E-state index contributed by atoms with van der Waals surface area (Å²) in [6, 6.07) is 5.76. The summed E-state index contributed by atoms with van der Waals surface area (Å²) in [4.78, 5) is 12.3. The van der Waals surface area contributed by atoms with Crippen LogP contribution < -0.4 is 0 Å². The van der Waals surface area contributed by atoms with Crippen molar-refractivity contribution >= 4 is 17.4 Å². The van der Waals surface area contributed by atoms with Crippen LogP contribution in [0, 0.1) is 5.82 Å². The zero-order valence-electron chi connectivity index (χ0n) is 9.86. The quantitative estimate of drug-likeness (QED) is 0.796. The van der Waals surface area contributed by atoms with Crippen molar-refractivity contribution in [2.45, 2.75) is 19.9 Å². The molecule has 0 amide bonds. The Morgan fingerprint density at radius 3 is 2.89 bits per heavy atom. The summed E-state index contributed by atoms with van der Waals surface area (Å²) in [6.07, 6.45) is 2.37. The van der Waals surface area contributed by atoms with Gasteiger partial charge in [-0.2, -0.15) is 5.10 Å². The number of rotatable bonds is 4. The molecule has 2 aromatic rings. The normalized spacial score (nSPS) is 10.6. The number of aryl methyl sites for hydroxylation is 1. The highest BCUT2D eigenvalue weighted by atomic mass is 35.5. The maximum Gasteiger partial charge on any atom is 0.215 e. The molecule has 3 nitrogen and oxygen atoms in total. The van der Waals surface area contributed by atoms with Gasteiger partial charge in [0.1, 0.15) is 11.5 Å². The Labute approximate surface area is 109 Å². The van der Waals surface area contributed by atoms with Crippen LogP contribution in [0.5, 0.6) is 0 Å². The van der Waals surface area contributed by atoms with Gasteiger partial charge in [-0.15, -0.1) is 0 Å². The standard InChI is InChI=1S/C13H12ClFN2O/c1-2-8-17-11(6-7-16-17)13(18)12-9(14)4-3-5-10(12)15/h3-7H,2,8H2,1H3. The van der Waals surface area contributed by atoms with E-state index in [0.717, 1.165) is 6.42 Å². The fourth-order valence-corrected chi connectivity index (χ4v) is 2.01. The summed E-state index contributed by atoms with van der Waals surface area (Å²) in [5.74, 6) is -1.05. The minimum Gasteiger partial charge on any atom is -0.287 e. The van der Waals surface area contributed by atoms with E-state index in [1.807, 2.05) is 6.92 Å². The largest absolute Gasteiger partial charge is 0.287 e. The molecule has 1 aromatic carbocycles. The van der Waals surface area contributed by atoms with Gasteiger partial charge in [0, 0.05) is 12.7 Å². The molecule has 0 spiro atoms. The van der Waals surface area contributed by atoms with E-state index >= 15 is 0 Å². The molecule has 0 saturated carbocycles. The molecule has 0 fully saturated rings. The van der Waals surface area contributed by atoms with Crippen molar-refractivity contribution in [3.63, 3.8) is 0 Å². The van der Waals surface area contributed by atoms with Gasteiger partial charge in [0.05, 0.1) is 10.6 Å². The third-order valence-corrected chi connectivity index (χ3v) is 2.89. The highest BCUT2D eigenvalue weighted by Gasteiger charge is 2.20. The third kappa shape index (κ3) is 2.29. The summed E-state index contributed by atoms with van der Waals surface area (Å²) in [5.41, 5.74) is 0.251. The highest BCUT2D eigenvalue weighted by Crippen LogP contribution is 2.22. The summed E-state index contributed by atoms with van der Waals surface area (Å²) >= 11 is 5.88. The maximum atomic E-state index is 13.7. The van der Waals surface area contributed by atoms with E-state index in [-0.39, 0.29) is 10.6 Å². The molecule has 1 heterocycles. The molecule has 2 rings (SSSR count). The van der Waals surface area contributed by atoms with Gasteiger partial charge < -0.3 is 0 Å². The Morgan fingerprint density at radius 1 is 1.44 bits per heavy atom. The lowest BCUT2D eigenvalue weighted by molar-refractivity contribution is 0.102. The van der Waals surface area contributed by atoms with Crippen molar-refractivity contribution in [1.29, 1.82) is 0 Å². The number of benzene rings is 1. The van der Waals surface area contributed by atoms with Crippen LogP contribution in [0.1, 0.15) is 29.4 Å². The van der Waals surface area contributed by atoms with E-state index in [0.29, 0.717) is 12.2 Å². The van der Waals surface area contributed by atoms with Crippen LogP contribution in [0.25, 0.3) is 0 Å². The van der Waals surface area contributed by atoms with Crippen LogP contribution in [0.3, 0.4) is 0 Å². The Balaban J connectivity index is 2.45. The second-order valence-corrected chi connectivity index (χ2v) is 4.27. The van der Waals surface area contributed by atoms with Gasteiger partial charge in [0.15, 0.2) is 0 Å².